The van der Waals surface area contributed by atoms with Gasteiger partial charge in [0.25, 0.3) is 5.72 Å². The second kappa shape index (κ2) is 6.64. The van der Waals surface area contributed by atoms with Crippen LogP contribution in [0.25, 0.3) is 10.8 Å². The molecule has 3 aromatic rings. The Balaban J connectivity index is 1.78. The number of halogens is 1. The van der Waals surface area contributed by atoms with Gasteiger partial charge in [0.05, 0.1) is 19.1 Å². The van der Waals surface area contributed by atoms with Crippen LogP contribution >= 0.6 is 0 Å². The lowest BCUT2D eigenvalue weighted by molar-refractivity contribution is 0.000609. The molecule has 26 heavy (non-hydrogen) atoms. The first-order valence-corrected chi connectivity index (χ1v) is 8.38. The molecule has 0 saturated heterocycles. The third-order valence-corrected chi connectivity index (χ3v) is 4.54. The van der Waals surface area contributed by atoms with E-state index in [4.69, 9.17) is 9.47 Å². The van der Waals surface area contributed by atoms with Gasteiger partial charge in [-0.1, -0.05) is 48.5 Å². The zero-order chi connectivity index (χ0) is 18.0. The van der Waals surface area contributed by atoms with E-state index in [1.165, 1.54) is 6.26 Å². The highest BCUT2D eigenvalue weighted by molar-refractivity contribution is 6.10. The maximum absolute atomic E-state index is 14.0. The number of alkyl halides is 1. The van der Waals surface area contributed by atoms with Gasteiger partial charge < -0.3 is 9.47 Å². The van der Waals surface area contributed by atoms with Crippen LogP contribution < -0.4 is 4.74 Å². The molecule has 0 amide bonds. The zero-order valence-electron chi connectivity index (χ0n) is 14.4. The van der Waals surface area contributed by atoms with E-state index < -0.39 is 12.4 Å². The molecule has 1 heterocycles. The number of hydrogen-bond acceptors (Lipinski definition) is 3. The van der Waals surface area contributed by atoms with Gasteiger partial charge >= 0.3 is 0 Å². The second-order valence-corrected chi connectivity index (χ2v) is 6.13. The quantitative estimate of drug-likeness (QED) is 0.665. The van der Waals surface area contributed by atoms with Crippen LogP contribution in [0.3, 0.4) is 0 Å². The fourth-order valence-electron chi connectivity index (χ4n) is 3.11. The Labute approximate surface area is 151 Å². The minimum absolute atomic E-state index is 0.690. The molecule has 1 aliphatic rings. The number of methoxy groups -OCH3 is 1. The van der Waals surface area contributed by atoms with E-state index >= 15 is 0 Å². The van der Waals surface area contributed by atoms with E-state index in [2.05, 4.69) is 4.99 Å². The van der Waals surface area contributed by atoms with Gasteiger partial charge in [-0.15, -0.1) is 0 Å². The smallest absolute Gasteiger partial charge is 0.254 e. The standard InChI is InChI=1S/C22H18FNO2/c1-25-20-10-9-16-13-18(8-7-17(16)14-20)21-11-12-26-22(15-23,24-21)19-5-3-2-4-6-19/h2-14H,15H2,1H3. The van der Waals surface area contributed by atoms with Crippen LogP contribution in [0.15, 0.2) is 84.1 Å². The normalized spacial score (nSPS) is 19.1. The van der Waals surface area contributed by atoms with Crippen LogP contribution in [0, 0.1) is 0 Å². The van der Waals surface area contributed by atoms with Gasteiger partial charge in [-0.2, -0.15) is 0 Å². The third kappa shape index (κ3) is 2.84. The fraction of sp³-hybridized carbons (Fsp3) is 0.136. The van der Waals surface area contributed by atoms with Crippen molar-refractivity contribution < 1.29 is 13.9 Å². The molecule has 3 nitrogen and oxygen atoms in total. The number of nitrogens with zero attached hydrogens (tertiary/aromatic N) is 1. The highest BCUT2D eigenvalue weighted by atomic mass is 19.1. The Morgan fingerprint density at radius 3 is 2.54 bits per heavy atom. The minimum atomic E-state index is -1.33. The number of hydrogen-bond donors (Lipinski definition) is 0. The summed E-state index contributed by atoms with van der Waals surface area (Å²) in [6.45, 7) is -0.740. The maximum atomic E-state index is 14.0. The largest absolute Gasteiger partial charge is 0.497 e. The van der Waals surface area contributed by atoms with E-state index in [0.717, 1.165) is 22.1 Å². The average Bonchev–Trinajstić information content (AvgIpc) is 2.73. The molecule has 4 rings (SSSR count). The Hall–Kier alpha value is -3.14. The zero-order valence-corrected chi connectivity index (χ0v) is 14.4. The van der Waals surface area contributed by atoms with Crippen molar-refractivity contribution in [2.24, 2.45) is 4.99 Å². The molecule has 0 aromatic heterocycles. The third-order valence-electron chi connectivity index (χ3n) is 4.54. The first-order valence-electron chi connectivity index (χ1n) is 8.38. The van der Waals surface area contributed by atoms with Gasteiger partial charge in [-0.3, -0.25) is 0 Å². The molecule has 1 atom stereocenters. The van der Waals surface area contributed by atoms with Crippen molar-refractivity contribution in [3.63, 3.8) is 0 Å². The van der Waals surface area contributed by atoms with Crippen LogP contribution in [0.4, 0.5) is 4.39 Å². The van der Waals surface area contributed by atoms with Crippen LogP contribution in [-0.2, 0) is 10.5 Å². The SMILES string of the molecule is COc1ccc2cc(C3=NC(CF)(c4ccccc4)OC=C3)ccc2c1. The Morgan fingerprint density at radius 2 is 1.77 bits per heavy atom. The highest BCUT2D eigenvalue weighted by Crippen LogP contribution is 2.32. The van der Waals surface area contributed by atoms with E-state index in [0.29, 0.717) is 11.3 Å². The fourth-order valence-corrected chi connectivity index (χ4v) is 3.11. The molecule has 0 spiro atoms. The molecule has 0 aliphatic carbocycles. The Bertz CT molecular complexity index is 997. The lowest BCUT2D eigenvalue weighted by Crippen LogP contribution is -2.32. The summed E-state index contributed by atoms with van der Waals surface area (Å²) < 4.78 is 24.8. The lowest BCUT2D eigenvalue weighted by atomic mass is 10.00. The summed E-state index contributed by atoms with van der Waals surface area (Å²) in [5.74, 6) is 0.814. The number of benzene rings is 3. The molecule has 0 radical (unpaired) electrons. The molecule has 0 fully saturated rings. The topological polar surface area (TPSA) is 30.8 Å². The van der Waals surface area contributed by atoms with E-state index in [-0.39, 0.29) is 0 Å². The Morgan fingerprint density at radius 1 is 1.00 bits per heavy atom. The first kappa shape index (κ1) is 16.3. The van der Waals surface area contributed by atoms with Gasteiger partial charge in [0, 0.05) is 11.1 Å². The predicted octanol–water partition coefficient (Wildman–Crippen LogP) is 5.00. The Kier molecular flexibility index (Phi) is 4.17. The summed E-state index contributed by atoms with van der Waals surface area (Å²) in [4.78, 5) is 4.62. The molecule has 1 unspecified atom stereocenters. The molecule has 3 aromatic carbocycles. The number of rotatable bonds is 4. The molecule has 4 heteroatoms. The molecular formula is C22H18FNO2. The van der Waals surface area contributed by atoms with Gasteiger partial charge in [-0.25, -0.2) is 9.38 Å². The second-order valence-electron chi connectivity index (χ2n) is 6.13. The summed E-state index contributed by atoms with van der Waals surface area (Å²) in [5.41, 5.74) is 0.960. The summed E-state index contributed by atoms with van der Waals surface area (Å²) in [7, 11) is 1.65. The van der Waals surface area contributed by atoms with Crippen molar-refractivity contribution in [1.29, 1.82) is 0 Å². The van der Waals surface area contributed by atoms with E-state index in [1.54, 1.807) is 13.2 Å². The molecule has 0 bridgehead atoms. The minimum Gasteiger partial charge on any atom is -0.497 e. The van der Waals surface area contributed by atoms with Gasteiger partial charge in [0.2, 0.25) is 0 Å². The molecule has 0 N–H and O–H groups in total. The summed E-state index contributed by atoms with van der Waals surface area (Å²) in [6.07, 6.45) is 3.29. The molecule has 130 valence electrons. The van der Waals surface area contributed by atoms with Crippen molar-refractivity contribution in [2.75, 3.05) is 13.8 Å². The van der Waals surface area contributed by atoms with E-state index in [9.17, 15) is 4.39 Å². The van der Waals surface area contributed by atoms with Crippen LogP contribution in [0.1, 0.15) is 11.1 Å². The number of allylic oxidation sites excluding steroid dienone is 1. The maximum Gasteiger partial charge on any atom is 0.254 e. The summed E-state index contributed by atoms with van der Waals surface area (Å²) in [5, 5.41) is 2.14. The van der Waals surface area contributed by atoms with Crippen molar-refractivity contribution in [1.82, 2.24) is 0 Å². The number of ether oxygens (including phenoxy) is 2. The number of fused-ring (bicyclic) bond motifs is 1. The molecule has 1 aliphatic heterocycles. The van der Waals surface area contributed by atoms with Gasteiger partial charge in [-0.05, 0) is 35.0 Å². The predicted molar refractivity (Wildman–Crippen MR) is 101 cm³/mol. The van der Waals surface area contributed by atoms with Crippen molar-refractivity contribution >= 4 is 16.5 Å². The first-order chi connectivity index (χ1) is 12.7. The number of aliphatic imine (C=N–C) groups is 1. The van der Waals surface area contributed by atoms with Crippen LogP contribution in [0.2, 0.25) is 0 Å². The highest BCUT2D eigenvalue weighted by Gasteiger charge is 2.35. The lowest BCUT2D eigenvalue weighted by Gasteiger charge is -2.30. The molecule has 0 saturated carbocycles. The summed E-state index contributed by atoms with van der Waals surface area (Å²) >= 11 is 0. The van der Waals surface area contributed by atoms with E-state index in [1.807, 2.05) is 66.7 Å². The van der Waals surface area contributed by atoms with Crippen molar-refractivity contribution in [3.05, 3.63) is 90.2 Å². The van der Waals surface area contributed by atoms with Crippen LogP contribution in [-0.4, -0.2) is 19.5 Å². The van der Waals surface area contributed by atoms with Crippen molar-refractivity contribution in [2.45, 2.75) is 5.72 Å². The van der Waals surface area contributed by atoms with Gasteiger partial charge in [0.15, 0.2) is 6.67 Å². The summed E-state index contributed by atoms with van der Waals surface area (Å²) in [6, 6.07) is 21.2. The van der Waals surface area contributed by atoms with Crippen LogP contribution in [0.5, 0.6) is 5.75 Å². The monoisotopic (exact) mass is 347 g/mol. The van der Waals surface area contributed by atoms with Crippen molar-refractivity contribution in [3.8, 4) is 5.75 Å². The molecular weight excluding hydrogens is 329 g/mol. The average molecular weight is 347 g/mol. The van der Waals surface area contributed by atoms with Gasteiger partial charge in [0.1, 0.15) is 5.75 Å².